The molecule has 3 unspecified atom stereocenters. The van der Waals surface area contributed by atoms with Gasteiger partial charge < -0.3 is 32.5 Å². The normalized spacial score (nSPS) is 14.0. The summed E-state index contributed by atoms with van der Waals surface area (Å²) < 4.78 is 0. The van der Waals surface area contributed by atoms with E-state index >= 15 is 0 Å². The van der Waals surface area contributed by atoms with Crippen molar-refractivity contribution < 1.29 is 29.1 Å². The van der Waals surface area contributed by atoms with Gasteiger partial charge in [0.25, 0.3) is 0 Å². The minimum absolute atomic E-state index is 0.0547. The summed E-state index contributed by atoms with van der Waals surface area (Å²) in [6.45, 7) is 4.53. The Hall–Kier alpha value is -2.69. The van der Waals surface area contributed by atoms with Gasteiger partial charge in [0.2, 0.25) is 23.6 Å². The van der Waals surface area contributed by atoms with Crippen LogP contribution in [0.4, 0.5) is 0 Å². The van der Waals surface area contributed by atoms with Gasteiger partial charge in [0.15, 0.2) is 0 Å². The van der Waals surface area contributed by atoms with Gasteiger partial charge in [0.05, 0.1) is 6.04 Å². The lowest BCUT2D eigenvalue weighted by Crippen LogP contribution is -2.56. The molecule has 0 fully saturated rings. The summed E-state index contributed by atoms with van der Waals surface area (Å²) in [6.07, 6.45) is -0.00177. The number of nitrogens with two attached hydrogens (primary N) is 2. The molecular formula is C16H29N5O6. The zero-order valence-corrected chi connectivity index (χ0v) is 15.8. The molecule has 0 rings (SSSR count). The van der Waals surface area contributed by atoms with E-state index < -0.39 is 54.3 Å². The molecule has 0 aromatic rings. The van der Waals surface area contributed by atoms with E-state index in [4.69, 9.17) is 16.6 Å². The third-order valence-corrected chi connectivity index (χ3v) is 3.48. The summed E-state index contributed by atoms with van der Waals surface area (Å²) in [7, 11) is 0. The van der Waals surface area contributed by atoms with E-state index in [0.29, 0.717) is 6.42 Å². The smallest absolute Gasteiger partial charge is 0.322 e. The lowest BCUT2D eigenvalue weighted by atomic mass is 10.0. The molecule has 11 heteroatoms. The van der Waals surface area contributed by atoms with Crippen molar-refractivity contribution in [3.63, 3.8) is 0 Å². The van der Waals surface area contributed by atoms with Crippen LogP contribution >= 0.6 is 0 Å². The van der Waals surface area contributed by atoms with Crippen LogP contribution in [0, 0.1) is 5.92 Å². The summed E-state index contributed by atoms with van der Waals surface area (Å²) in [5.74, 6) is -3.82. The number of nitrogens with one attached hydrogen (secondary N) is 3. The summed E-state index contributed by atoms with van der Waals surface area (Å²) >= 11 is 0. The van der Waals surface area contributed by atoms with Crippen molar-refractivity contribution in [3.8, 4) is 0 Å². The zero-order valence-electron chi connectivity index (χ0n) is 15.8. The summed E-state index contributed by atoms with van der Waals surface area (Å²) in [5, 5.41) is 15.7. The predicted molar refractivity (Wildman–Crippen MR) is 96.0 cm³/mol. The largest absolute Gasteiger partial charge is 0.480 e. The highest BCUT2D eigenvalue weighted by molar-refractivity contribution is 5.93. The summed E-state index contributed by atoms with van der Waals surface area (Å²) in [5.41, 5.74) is 10.6. The fourth-order valence-electron chi connectivity index (χ4n) is 2.12. The van der Waals surface area contributed by atoms with Crippen LogP contribution in [0.2, 0.25) is 0 Å². The van der Waals surface area contributed by atoms with E-state index in [2.05, 4.69) is 16.0 Å². The number of hydrogen-bond acceptors (Lipinski definition) is 6. The van der Waals surface area contributed by atoms with Crippen LogP contribution in [0.15, 0.2) is 0 Å². The first-order chi connectivity index (χ1) is 12.4. The standard InChI is InChI=1S/C16H29N5O6/c1-8(2)6-11(21-14(25)9(3)17)16(27)20-10(4-5-12(18)22)15(26)19-7-13(23)24/h8-11H,4-7,17H2,1-3H3,(H2,18,22)(H,19,26)(H,20,27)(H,21,25)(H,23,24). The lowest BCUT2D eigenvalue weighted by Gasteiger charge is -2.24. The second-order valence-corrected chi connectivity index (χ2v) is 6.66. The minimum atomic E-state index is -1.26. The molecule has 0 heterocycles. The molecule has 3 atom stereocenters. The molecule has 0 bridgehead atoms. The maximum absolute atomic E-state index is 12.6. The molecule has 0 aliphatic rings. The van der Waals surface area contributed by atoms with Crippen molar-refractivity contribution in [2.75, 3.05) is 6.54 Å². The minimum Gasteiger partial charge on any atom is -0.480 e. The quantitative estimate of drug-likeness (QED) is 0.219. The first kappa shape index (κ1) is 24.3. The molecule has 154 valence electrons. The Bertz CT molecular complexity index is 564. The highest BCUT2D eigenvalue weighted by Crippen LogP contribution is 2.07. The van der Waals surface area contributed by atoms with Crippen LogP contribution in [0.25, 0.3) is 0 Å². The average Bonchev–Trinajstić information content (AvgIpc) is 2.54. The number of amides is 4. The second-order valence-electron chi connectivity index (χ2n) is 6.66. The average molecular weight is 387 g/mol. The Balaban J connectivity index is 5.19. The van der Waals surface area contributed by atoms with Crippen molar-refractivity contribution in [1.82, 2.24) is 16.0 Å². The molecule has 0 aromatic carbocycles. The van der Waals surface area contributed by atoms with Gasteiger partial charge in [-0.25, -0.2) is 0 Å². The maximum Gasteiger partial charge on any atom is 0.322 e. The number of carboxylic acid groups (broad SMARTS) is 1. The molecule has 4 amide bonds. The van der Waals surface area contributed by atoms with Gasteiger partial charge >= 0.3 is 5.97 Å². The van der Waals surface area contributed by atoms with Crippen LogP contribution in [-0.4, -0.2) is 59.4 Å². The van der Waals surface area contributed by atoms with Crippen molar-refractivity contribution >= 4 is 29.6 Å². The Morgan fingerprint density at radius 3 is 1.93 bits per heavy atom. The number of carbonyl (C=O) groups is 5. The van der Waals surface area contributed by atoms with Crippen LogP contribution in [0.5, 0.6) is 0 Å². The van der Waals surface area contributed by atoms with E-state index in [0.717, 1.165) is 0 Å². The first-order valence-electron chi connectivity index (χ1n) is 8.58. The van der Waals surface area contributed by atoms with Crippen LogP contribution in [-0.2, 0) is 24.0 Å². The fourth-order valence-corrected chi connectivity index (χ4v) is 2.12. The molecule has 0 aliphatic carbocycles. The second kappa shape index (κ2) is 11.8. The first-order valence-corrected chi connectivity index (χ1v) is 8.58. The van der Waals surface area contributed by atoms with Gasteiger partial charge in [-0.05, 0) is 25.7 Å². The maximum atomic E-state index is 12.6. The van der Waals surface area contributed by atoms with Crippen molar-refractivity contribution in [2.24, 2.45) is 17.4 Å². The van der Waals surface area contributed by atoms with E-state index in [1.165, 1.54) is 6.92 Å². The van der Waals surface area contributed by atoms with Gasteiger partial charge in [-0.15, -0.1) is 0 Å². The highest BCUT2D eigenvalue weighted by atomic mass is 16.4. The molecule has 8 N–H and O–H groups in total. The fraction of sp³-hybridized carbons (Fsp3) is 0.688. The molecule has 0 aromatic heterocycles. The molecule has 0 radical (unpaired) electrons. The van der Waals surface area contributed by atoms with Gasteiger partial charge in [-0.1, -0.05) is 13.8 Å². The van der Waals surface area contributed by atoms with Gasteiger partial charge in [0, 0.05) is 6.42 Å². The molecule has 0 saturated heterocycles. The Kier molecular flexibility index (Phi) is 10.7. The van der Waals surface area contributed by atoms with E-state index in [9.17, 15) is 24.0 Å². The number of carbonyl (C=O) groups excluding carboxylic acids is 4. The van der Waals surface area contributed by atoms with Gasteiger partial charge in [-0.2, -0.15) is 0 Å². The molecule has 0 saturated carbocycles. The number of aliphatic carboxylic acids is 1. The third kappa shape index (κ3) is 10.8. The van der Waals surface area contributed by atoms with Crippen molar-refractivity contribution in [3.05, 3.63) is 0 Å². The molecular weight excluding hydrogens is 358 g/mol. The number of primary amides is 1. The summed E-state index contributed by atoms with van der Waals surface area (Å²) in [4.78, 5) is 58.1. The Morgan fingerprint density at radius 1 is 0.926 bits per heavy atom. The van der Waals surface area contributed by atoms with E-state index in [-0.39, 0.29) is 18.8 Å². The SMILES string of the molecule is CC(C)CC(NC(=O)C(C)N)C(=O)NC(CCC(N)=O)C(=O)NCC(=O)O. The summed E-state index contributed by atoms with van der Waals surface area (Å²) in [6, 6.07) is -2.94. The van der Waals surface area contributed by atoms with Crippen molar-refractivity contribution in [2.45, 2.75) is 58.2 Å². The molecule has 0 aliphatic heterocycles. The monoisotopic (exact) mass is 387 g/mol. The highest BCUT2D eigenvalue weighted by Gasteiger charge is 2.28. The Labute approximate surface area is 157 Å². The van der Waals surface area contributed by atoms with Crippen molar-refractivity contribution in [1.29, 1.82) is 0 Å². The predicted octanol–water partition coefficient (Wildman–Crippen LogP) is -2.18. The Morgan fingerprint density at radius 2 is 1.48 bits per heavy atom. The molecule has 27 heavy (non-hydrogen) atoms. The van der Waals surface area contributed by atoms with E-state index in [1.54, 1.807) is 0 Å². The number of carboxylic acids is 1. The van der Waals surface area contributed by atoms with Gasteiger partial charge in [0.1, 0.15) is 18.6 Å². The molecule has 11 nitrogen and oxygen atoms in total. The topological polar surface area (TPSA) is 194 Å². The third-order valence-electron chi connectivity index (χ3n) is 3.48. The van der Waals surface area contributed by atoms with Crippen LogP contribution in [0.3, 0.4) is 0 Å². The number of rotatable bonds is 12. The molecule has 0 spiro atoms. The van der Waals surface area contributed by atoms with Crippen LogP contribution < -0.4 is 27.4 Å². The van der Waals surface area contributed by atoms with Gasteiger partial charge in [-0.3, -0.25) is 24.0 Å². The number of hydrogen-bond donors (Lipinski definition) is 6. The lowest BCUT2D eigenvalue weighted by molar-refractivity contribution is -0.138. The zero-order chi connectivity index (χ0) is 21.1. The van der Waals surface area contributed by atoms with Crippen LogP contribution in [0.1, 0.15) is 40.0 Å². The van der Waals surface area contributed by atoms with E-state index in [1.807, 2.05) is 13.8 Å².